The summed E-state index contributed by atoms with van der Waals surface area (Å²) in [6.07, 6.45) is 7.05. The number of benzene rings is 1. The first-order valence-corrected chi connectivity index (χ1v) is 19.4. The molecule has 1 saturated heterocycles. The topological polar surface area (TPSA) is 173 Å². The second-order valence-electron chi connectivity index (χ2n) is 14.6. The van der Waals surface area contributed by atoms with E-state index in [1.807, 2.05) is 37.3 Å². The highest BCUT2D eigenvalue weighted by molar-refractivity contribution is 7.91. The van der Waals surface area contributed by atoms with Gasteiger partial charge in [-0.2, -0.15) is 0 Å². The summed E-state index contributed by atoms with van der Waals surface area (Å²) in [6, 6.07) is 3.76. The molecule has 4 aliphatic rings. The molecule has 1 aromatic heterocycles. The quantitative estimate of drug-likeness (QED) is 0.376. The molecule has 49 heavy (non-hydrogen) atoms. The van der Waals surface area contributed by atoms with Crippen molar-refractivity contribution in [1.82, 2.24) is 25.2 Å². The first-order chi connectivity index (χ1) is 23.1. The van der Waals surface area contributed by atoms with E-state index in [0.717, 1.165) is 28.6 Å². The Labute approximate surface area is 290 Å². The van der Waals surface area contributed by atoms with Crippen LogP contribution in [0.15, 0.2) is 30.4 Å². The van der Waals surface area contributed by atoms with Gasteiger partial charge in [0.25, 0.3) is 11.1 Å². The molecule has 3 heterocycles. The van der Waals surface area contributed by atoms with Crippen molar-refractivity contribution < 1.29 is 37.1 Å². The summed E-state index contributed by atoms with van der Waals surface area (Å²) in [6.45, 7) is 7.23. The number of ether oxygens (including phenoxy) is 2. The van der Waals surface area contributed by atoms with E-state index >= 15 is 0 Å². The lowest BCUT2D eigenvalue weighted by atomic mass is 10.0. The van der Waals surface area contributed by atoms with Crippen molar-refractivity contribution in [2.24, 2.45) is 5.92 Å². The number of amides is 4. The number of rotatable bonds is 6. The molecular weight excluding hydrogens is 671 g/mol. The Morgan fingerprint density at radius 1 is 1.12 bits per heavy atom. The molecule has 2 aliphatic heterocycles. The summed E-state index contributed by atoms with van der Waals surface area (Å²) in [5.41, 5.74) is -0.422. The van der Waals surface area contributed by atoms with Crippen molar-refractivity contribution in [3.8, 4) is 5.19 Å². The third kappa shape index (κ3) is 8.03. The van der Waals surface area contributed by atoms with Gasteiger partial charge in [0, 0.05) is 12.3 Å². The third-order valence-corrected chi connectivity index (χ3v) is 12.3. The third-order valence-electron chi connectivity index (χ3n) is 9.39. The second-order valence-corrected chi connectivity index (χ2v) is 17.5. The van der Waals surface area contributed by atoms with Gasteiger partial charge in [0.15, 0.2) is 0 Å². The predicted molar refractivity (Wildman–Crippen MR) is 183 cm³/mol. The van der Waals surface area contributed by atoms with Crippen LogP contribution in [0.25, 0.3) is 10.2 Å². The van der Waals surface area contributed by atoms with Crippen molar-refractivity contribution in [3.63, 3.8) is 0 Å². The highest BCUT2D eigenvalue weighted by Gasteiger charge is 2.62. The van der Waals surface area contributed by atoms with Crippen LogP contribution in [0.1, 0.15) is 84.1 Å². The molecule has 3 fully saturated rings. The molecule has 15 heteroatoms. The number of allylic oxidation sites excluding steroid dienone is 1. The largest absolute Gasteiger partial charge is 0.465 e. The summed E-state index contributed by atoms with van der Waals surface area (Å²) in [5.74, 6) is -2.24. The fourth-order valence-corrected chi connectivity index (χ4v) is 8.87. The maximum Gasteiger partial charge on any atom is 0.408 e. The van der Waals surface area contributed by atoms with Gasteiger partial charge >= 0.3 is 6.09 Å². The molecule has 0 spiro atoms. The number of alkyl carbamates (subject to hydrolysis) is 1. The van der Waals surface area contributed by atoms with Gasteiger partial charge in [-0.15, -0.1) is 0 Å². The lowest BCUT2D eigenvalue weighted by Crippen LogP contribution is -2.58. The number of fused-ring (bicyclic) bond motifs is 3. The molecule has 0 radical (unpaired) electrons. The van der Waals surface area contributed by atoms with Gasteiger partial charge in [-0.05, 0) is 77.8 Å². The van der Waals surface area contributed by atoms with E-state index in [2.05, 4.69) is 20.3 Å². The molecule has 1 aromatic carbocycles. The Kier molecular flexibility index (Phi) is 9.70. The van der Waals surface area contributed by atoms with Gasteiger partial charge in [-0.25, -0.2) is 18.2 Å². The number of thiazole rings is 1. The van der Waals surface area contributed by atoms with Crippen LogP contribution in [0.4, 0.5) is 4.79 Å². The molecule has 0 bridgehead atoms. The molecule has 266 valence electrons. The fraction of sp³-hybridized carbons (Fsp3) is 0.618. The fourth-order valence-electron chi connectivity index (χ4n) is 6.56. The molecule has 3 N–H and O–H groups in total. The summed E-state index contributed by atoms with van der Waals surface area (Å²) in [4.78, 5) is 61.0. The lowest BCUT2D eigenvalue weighted by molar-refractivity contribution is -0.141. The molecular formula is C34H45N5O8S2. The van der Waals surface area contributed by atoms with Gasteiger partial charge in [0.1, 0.15) is 29.3 Å². The smallest absolute Gasteiger partial charge is 0.408 e. The molecule has 13 nitrogen and oxygen atoms in total. The SMILES string of the molecule is Cc1cccc2nc(O[C@@H]3C[C@H]4C(=O)N[C@]5(C(=O)NS(=O)(=O)C6CC6)C[C@H]5C=CCCCCC[C@H](NC(=O)OC(C)(C)C)C(=O)N4C3)sc12. The van der Waals surface area contributed by atoms with E-state index in [-0.39, 0.29) is 19.4 Å². The van der Waals surface area contributed by atoms with E-state index in [0.29, 0.717) is 37.3 Å². The predicted octanol–water partition coefficient (Wildman–Crippen LogP) is 3.85. The number of carbonyl (C=O) groups excluding carboxylic acids is 4. The van der Waals surface area contributed by atoms with E-state index < -0.39 is 74.3 Å². The Balaban J connectivity index is 1.29. The monoisotopic (exact) mass is 715 g/mol. The van der Waals surface area contributed by atoms with Crippen molar-refractivity contribution in [1.29, 1.82) is 0 Å². The number of aromatic nitrogens is 1. The standard InChI is InChI=1S/C34H45N5O8S2/c1-20-11-10-14-24-27(20)48-32(36-24)46-22-17-26-28(40)37-34(30(42)38-49(44,45)23-15-16-23)18-21(34)12-8-6-5-7-9-13-25(29(41)39(26)19-22)35-31(43)47-33(2,3)4/h8,10-12,14,21-23,25-26H,5-7,9,13,15-19H2,1-4H3,(H,35,43)(H,37,40)(H,38,42)/t21-,22-,25+,26+,34-/m1/s1. The van der Waals surface area contributed by atoms with Gasteiger partial charge in [0.2, 0.25) is 21.8 Å². The van der Waals surface area contributed by atoms with Gasteiger partial charge in [-0.1, -0.05) is 48.5 Å². The first kappa shape index (κ1) is 35.1. The van der Waals surface area contributed by atoms with Crippen LogP contribution in [0, 0.1) is 12.8 Å². The zero-order valence-electron chi connectivity index (χ0n) is 28.3. The average molecular weight is 716 g/mol. The maximum absolute atomic E-state index is 14.3. The van der Waals surface area contributed by atoms with E-state index in [1.54, 1.807) is 20.8 Å². The van der Waals surface area contributed by atoms with Crippen LogP contribution in [0.2, 0.25) is 0 Å². The molecule has 2 saturated carbocycles. The van der Waals surface area contributed by atoms with Crippen LogP contribution in [-0.2, 0) is 29.1 Å². The Hall–Kier alpha value is -3.72. The van der Waals surface area contributed by atoms with Crippen LogP contribution >= 0.6 is 11.3 Å². The molecule has 5 atom stereocenters. The highest BCUT2D eigenvalue weighted by atomic mass is 32.2. The maximum atomic E-state index is 14.3. The minimum Gasteiger partial charge on any atom is -0.465 e. The van der Waals surface area contributed by atoms with Crippen LogP contribution in [0.5, 0.6) is 5.19 Å². The van der Waals surface area contributed by atoms with Gasteiger partial charge in [0.05, 0.1) is 22.0 Å². The van der Waals surface area contributed by atoms with E-state index in [9.17, 15) is 27.6 Å². The molecule has 2 aromatic rings. The van der Waals surface area contributed by atoms with Crippen molar-refractivity contribution in [3.05, 3.63) is 35.9 Å². The molecule has 0 unspecified atom stereocenters. The van der Waals surface area contributed by atoms with Crippen molar-refractivity contribution in [2.75, 3.05) is 6.54 Å². The minimum absolute atomic E-state index is 0.0386. The molecule has 4 amide bonds. The Bertz CT molecular complexity index is 1760. The van der Waals surface area contributed by atoms with Crippen LogP contribution in [0.3, 0.4) is 0 Å². The number of nitrogens with zero attached hydrogens (tertiary/aromatic N) is 2. The molecule has 6 rings (SSSR count). The molecule has 2 aliphatic carbocycles. The Morgan fingerprint density at radius 3 is 2.61 bits per heavy atom. The van der Waals surface area contributed by atoms with Gasteiger partial charge < -0.3 is 25.0 Å². The highest BCUT2D eigenvalue weighted by Crippen LogP contribution is 2.46. The van der Waals surface area contributed by atoms with Gasteiger partial charge in [-0.3, -0.25) is 19.1 Å². The second kappa shape index (κ2) is 13.5. The number of hydrogen-bond donors (Lipinski definition) is 3. The summed E-state index contributed by atoms with van der Waals surface area (Å²) in [5, 5.41) is 5.40. The summed E-state index contributed by atoms with van der Waals surface area (Å²) >= 11 is 1.38. The first-order valence-electron chi connectivity index (χ1n) is 17.0. The number of nitrogens with one attached hydrogen (secondary N) is 3. The lowest BCUT2D eigenvalue weighted by Gasteiger charge is -2.30. The van der Waals surface area contributed by atoms with Crippen LogP contribution < -0.4 is 20.1 Å². The van der Waals surface area contributed by atoms with E-state index in [4.69, 9.17) is 9.47 Å². The average Bonchev–Trinajstić information content (AvgIpc) is 3.90. The Morgan fingerprint density at radius 2 is 1.90 bits per heavy atom. The number of carbonyl (C=O) groups is 4. The zero-order chi connectivity index (χ0) is 35.1. The van der Waals surface area contributed by atoms with E-state index in [1.165, 1.54) is 16.2 Å². The van der Waals surface area contributed by atoms with Crippen molar-refractivity contribution in [2.45, 2.75) is 120 Å². The minimum atomic E-state index is -3.86. The van der Waals surface area contributed by atoms with Crippen LogP contribution in [-0.4, -0.2) is 83.2 Å². The normalized spacial score (nSPS) is 28.0. The number of sulfonamides is 1. The summed E-state index contributed by atoms with van der Waals surface area (Å²) < 4.78 is 40.5. The zero-order valence-corrected chi connectivity index (χ0v) is 30.0. The number of hydrogen-bond acceptors (Lipinski definition) is 10. The number of aryl methyl sites for hydroxylation is 1. The summed E-state index contributed by atoms with van der Waals surface area (Å²) in [7, 11) is -3.86. The van der Waals surface area contributed by atoms with Crippen molar-refractivity contribution >= 4 is 55.4 Å².